The van der Waals surface area contributed by atoms with Gasteiger partial charge in [0.2, 0.25) is 0 Å². The molecule has 0 amide bonds. The Hall–Kier alpha value is -1.87. The predicted molar refractivity (Wildman–Crippen MR) is 102 cm³/mol. The van der Waals surface area contributed by atoms with Crippen LogP contribution < -0.4 is 5.32 Å². The second-order valence-corrected chi connectivity index (χ2v) is 6.46. The Labute approximate surface area is 144 Å². The Morgan fingerprint density at radius 3 is 2.67 bits per heavy atom. The Bertz CT molecular complexity index is 800. The molecule has 2 heterocycles. The molecule has 1 fully saturated rings. The molecule has 0 saturated carbocycles. The molecule has 0 radical (unpaired) electrons. The highest BCUT2D eigenvalue weighted by molar-refractivity contribution is 6.00. The van der Waals surface area contributed by atoms with E-state index in [-0.39, 0.29) is 0 Å². The first kappa shape index (κ1) is 17.0. The Kier molecular flexibility index (Phi) is 5.52. The summed E-state index contributed by atoms with van der Waals surface area (Å²) in [6, 6.07) is 10.7. The monoisotopic (exact) mass is 324 g/mol. The number of fused-ring (bicyclic) bond motifs is 2. The average Bonchev–Trinajstić information content (AvgIpc) is 3.06. The van der Waals surface area contributed by atoms with Crippen LogP contribution in [0, 0.1) is 12.8 Å². The highest BCUT2D eigenvalue weighted by Crippen LogP contribution is 2.31. The molecule has 0 aliphatic carbocycles. The lowest BCUT2D eigenvalue weighted by Crippen LogP contribution is -2.27. The van der Waals surface area contributed by atoms with Gasteiger partial charge in [0.1, 0.15) is 0 Å². The van der Waals surface area contributed by atoms with E-state index in [1.807, 2.05) is 13.8 Å². The van der Waals surface area contributed by atoms with Crippen molar-refractivity contribution in [3.8, 4) is 0 Å². The van der Waals surface area contributed by atoms with Crippen molar-refractivity contribution in [2.45, 2.75) is 46.5 Å². The summed E-state index contributed by atoms with van der Waals surface area (Å²) in [5.74, 6) is 0.828. The number of aromatic nitrogens is 1. The van der Waals surface area contributed by atoms with Gasteiger partial charge < -0.3 is 9.84 Å². The molecule has 128 valence electrons. The first-order valence-electron chi connectivity index (χ1n) is 9.30. The van der Waals surface area contributed by atoms with Crippen LogP contribution in [0.25, 0.3) is 21.7 Å². The summed E-state index contributed by atoms with van der Waals surface area (Å²) in [6.07, 6.45) is 4.82. The molecule has 3 nitrogen and oxygen atoms in total. The van der Waals surface area contributed by atoms with Gasteiger partial charge in [-0.1, -0.05) is 43.3 Å². The summed E-state index contributed by atoms with van der Waals surface area (Å²) in [6.45, 7) is 8.45. The molecule has 3 heteroatoms. The number of hydrogen-bond acceptors (Lipinski definition) is 3. The maximum Gasteiger partial charge on any atom is 0.170 e. The van der Waals surface area contributed by atoms with E-state index >= 15 is 0 Å². The SMILES string of the molecule is CC.Cc1c2ccccc2cc2c(CCC3CCNCC3)noc12. The van der Waals surface area contributed by atoms with Crippen molar-refractivity contribution >= 4 is 21.7 Å². The largest absolute Gasteiger partial charge is 0.356 e. The minimum absolute atomic E-state index is 0.828. The zero-order valence-corrected chi connectivity index (χ0v) is 15.1. The Morgan fingerprint density at radius 1 is 1.12 bits per heavy atom. The molecule has 1 N–H and O–H groups in total. The third-order valence-electron chi connectivity index (χ3n) is 5.06. The molecule has 1 saturated heterocycles. The summed E-state index contributed by atoms with van der Waals surface area (Å²) < 4.78 is 5.67. The van der Waals surface area contributed by atoms with Gasteiger partial charge in [0, 0.05) is 10.9 Å². The third kappa shape index (κ3) is 3.32. The fraction of sp³-hybridized carbons (Fsp3) is 0.476. The zero-order chi connectivity index (χ0) is 16.9. The Balaban J connectivity index is 0.000000815. The lowest BCUT2D eigenvalue weighted by Gasteiger charge is -2.21. The smallest absolute Gasteiger partial charge is 0.170 e. The van der Waals surface area contributed by atoms with Crippen LogP contribution in [0.15, 0.2) is 34.9 Å². The fourth-order valence-electron chi connectivity index (χ4n) is 3.68. The molecule has 24 heavy (non-hydrogen) atoms. The molecule has 3 aromatic rings. The lowest BCUT2D eigenvalue weighted by atomic mass is 9.91. The lowest BCUT2D eigenvalue weighted by molar-refractivity contribution is 0.350. The second-order valence-electron chi connectivity index (χ2n) is 6.46. The molecular formula is C21H28N2O. The molecule has 1 aromatic heterocycles. The molecule has 0 bridgehead atoms. The van der Waals surface area contributed by atoms with Crippen LogP contribution in [0.3, 0.4) is 0 Å². The minimum atomic E-state index is 0.828. The molecule has 2 aromatic carbocycles. The van der Waals surface area contributed by atoms with Crippen molar-refractivity contribution in [1.29, 1.82) is 0 Å². The van der Waals surface area contributed by atoms with Gasteiger partial charge >= 0.3 is 0 Å². The normalized spacial score (nSPS) is 15.5. The quantitative estimate of drug-likeness (QED) is 0.715. The van der Waals surface area contributed by atoms with E-state index < -0.39 is 0 Å². The Morgan fingerprint density at radius 2 is 1.88 bits per heavy atom. The highest BCUT2D eigenvalue weighted by Gasteiger charge is 2.17. The average molecular weight is 324 g/mol. The van der Waals surface area contributed by atoms with Gasteiger partial charge in [0.15, 0.2) is 5.58 Å². The number of hydrogen-bond donors (Lipinski definition) is 1. The molecule has 1 aliphatic heterocycles. The highest BCUT2D eigenvalue weighted by atomic mass is 16.5. The number of aryl methyl sites for hydroxylation is 2. The van der Waals surface area contributed by atoms with Gasteiger partial charge in [-0.3, -0.25) is 0 Å². The standard InChI is InChI=1S/C19H22N2O.C2H6/c1-13-16-5-3-2-4-15(16)12-17-18(21-22-19(13)17)7-6-14-8-10-20-11-9-14;1-2/h2-5,12,14,20H,6-11H2,1H3;1-2H3. The molecule has 0 atom stereocenters. The summed E-state index contributed by atoms with van der Waals surface area (Å²) in [4.78, 5) is 0. The number of rotatable bonds is 3. The van der Waals surface area contributed by atoms with Crippen molar-refractivity contribution < 1.29 is 4.52 Å². The van der Waals surface area contributed by atoms with Crippen molar-refractivity contribution in [1.82, 2.24) is 10.5 Å². The number of nitrogens with one attached hydrogen (secondary N) is 1. The van der Waals surface area contributed by atoms with Crippen LogP contribution in [0.2, 0.25) is 0 Å². The van der Waals surface area contributed by atoms with E-state index in [2.05, 4.69) is 47.7 Å². The van der Waals surface area contributed by atoms with Crippen molar-refractivity contribution in [3.05, 3.63) is 41.6 Å². The summed E-state index contributed by atoms with van der Waals surface area (Å²) >= 11 is 0. The summed E-state index contributed by atoms with van der Waals surface area (Å²) in [5.41, 5.74) is 3.29. The number of piperidine rings is 1. The second kappa shape index (κ2) is 7.80. The third-order valence-corrected chi connectivity index (χ3v) is 5.06. The van der Waals surface area contributed by atoms with Crippen LogP contribution in [0.5, 0.6) is 0 Å². The molecule has 0 unspecified atom stereocenters. The van der Waals surface area contributed by atoms with Gasteiger partial charge in [0.25, 0.3) is 0 Å². The van der Waals surface area contributed by atoms with Gasteiger partial charge in [0.05, 0.1) is 5.69 Å². The molecular weight excluding hydrogens is 296 g/mol. The van der Waals surface area contributed by atoms with Gasteiger partial charge in [-0.05, 0) is 68.5 Å². The maximum atomic E-state index is 5.67. The molecule has 0 spiro atoms. The van der Waals surface area contributed by atoms with Crippen LogP contribution in [0.1, 0.15) is 44.4 Å². The van der Waals surface area contributed by atoms with Crippen LogP contribution in [-0.4, -0.2) is 18.2 Å². The van der Waals surface area contributed by atoms with Gasteiger partial charge in [-0.25, -0.2) is 0 Å². The van der Waals surface area contributed by atoms with Gasteiger partial charge in [-0.15, -0.1) is 0 Å². The predicted octanol–water partition coefficient (Wildman–Crippen LogP) is 5.25. The number of nitrogens with zero attached hydrogens (tertiary/aromatic N) is 1. The maximum absolute atomic E-state index is 5.67. The first-order chi connectivity index (χ1) is 11.8. The van der Waals surface area contributed by atoms with E-state index in [9.17, 15) is 0 Å². The fourth-order valence-corrected chi connectivity index (χ4v) is 3.68. The topological polar surface area (TPSA) is 38.1 Å². The van der Waals surface area contributed by atoms with E-state index in [1.54, 1.807) is 0 Å². The summed E-state index contributed by atoms with van der Waals surface area (Å²) in [7, 11) is 0. The van der Waals surface area contributed by atoms with E-state index in [0.717, 1.165) is 36.7 Å². The minimum Gasteiger partial charge on any atom is -0.356 e. The van der Waals surface area contributed by atoms with E-state index in [0.29, 0.717) is 0 Å². The van der Waals surface area contributed by atoms with Crippen LogP contribution >= 0.6 is 0 Å². The van der Waals surface area contributed by atoms with Crippen molar-refractivity contribution in [2.75, 3.05) is 13.1 Å². The van der Waals surface area contributed by atoms with Crippen molar-refractivity contribution in [3.63, 3.8) is 0 Å². The van der Waals surface area contributed by atoms with E-state index in [1.165, 1.54) is 41.0 Å². The summed E-state index contributed by atoms with van der Waals surface area (Å²) in [5, 5.41) is 11.5. The first-order valence-corrected chi connectivity index (χ1v) is 9.30. The molecule has 4 rings (SSSR count). The zero-order valence-electron chi connectivity index (χ0n) is 15.1. The van der Waals surface area contributed by atoms with Crippen LogP contribution in [0.4, 0.5) is 0 Å². The van der Waals surface area contributed by atoms with Crippen molar-refractivity contribution in [2.24, 2.45) is 5.92 Å². The molecule has 1 aliphatic rings. The van der Waals surface area contributed by atoms with E-state index in [4.69, 9.17) is 4.52 Å². The number of benzene rings is 2. The van der Waals surface area contributed by atoms with Crippen LogP contribution in [-0.2, 0) is 6.42 Å². The van der Waals surface area contributed by atoms with Gasteiger partial charge in [-0.2, -0.15) is 0 Å².